The topological polar surface area (TPSA) is 136 Å². The number of halogens is 6. The van der Waals surface area contributed by atoms with Crippen LogP contribution in [0.4, 0.5) is 32.0 Å². The van der Waals surface area contributed by atoms with Crippen molar-refractivity contribution in [1.82, 2.24) is 4.98 Å². The minimum atomic E-state index is -4.54. The van der Waals surface area contributed by atoms with Crippen LogP contribution < -0.4 is 15.8 Å². The Balaban J connectivity index is 0.00000145. The molecule has 0 bridgehead atoms. The van der Waals surface area contributed by atoms with Crippen molar-refractivity contribution in [3.63, 3.8) is 0 Å². The predicted octanol–water partition coefficient (Wildman–Crippen LogP) is 3.35. The molecule has 1 atom stereocenters. The number of amidine groups is 1. The van der Waals surface area contributed by atoms with Gasteiger partial charge in [-0.2, -0.15) is 13.2 Å². The molecular formula is C21H20F6N4O5. The van der Waals surface area contributed by atoms with Gasteiger partial charge < -0.3 is 25.6 Å². The summed E-state index contributed by atoms with van der Waals surface area (Å²) in [7, 11) is 0. The highest BCUT2D eigenvalue weighted by Crippen LogP contribution is 2.44. The van der Waals surface area contributed by atoms with Crippen LogP contribution in [0.5, 0.6) is 5.75 Å². The SMILES string of the molecule is C[C@]1(c2cc(NC(=O)c3ccc(OCC(F)(F)F)cn3)ccc2F)N=C(N)COCC1(F)F.O=CO. The van der Waals surface area contributed by atoms with E-state index in [9.17, 15) is 31.1 Å². The van der Waals surface area contributed by atoms with E-state index in [0.717, 1.165) is 43.5 Å². The molecule has 0 spiro atoms. The first-order valence-corrected chi connectivity index (χ1v) is 9.87. The summed E-state index contributed by atoms with van der Waals surface area (Å²) >= 11 is 0. The summed E-state index contributed by atoms with van der Waals surface area (Å²) in [6.07, 6.45) is -3.62. The number of nitrogens with two attached hydrogens (primary N) is 1. The molecule has 3 rings (SSSR count). The second-order valence-electron chi connectivity index (χ2n) is 7.41. The second kappa shape index (κ2) is 11.2. The smallest absolute Gasteiger partial charge is 0.422 e. The number of amides is 1. The van der Waals surface area contributed by atoms with Gasteiger partial charge in [-0.25, -0.2) is 18.2 Å². The zero-order valence-electron chi connectivity index (χ0n) is 18.5. The van der Waals surface area contributed by atoms with Crippen LogP contribution in [0.25, 0.3) is 0 Å². The average molecular weight is 522 g/mol. The summed E-state index contributed by atoms with van der Waals surface area (Å²) in [6, 6.07) is 5.22. The fraction of sp³-hybridized carbons (Fsp3) is 0.333. The lowest BCUT2D eigenvalue weighted by atomic mass is 9.85. The van der Waals surface area contributed by atoms with Gasteiger partial charge in [-0.15, -0.1) is 0 Å². The van der Waals surface area contributed by atoms with E-state index < -0.39 is 48.1 Å². The van der Waals surface area contributed by atoms with Crippen molar-refractivity contribution >= 4 is 23.9 Å². The third-order valence-electron chi connectivity index (χ3n) is 4.73. The molecule has 9 nitrogen and oxygen atoms in total. The van der Waals surface area contributed by atoms with E-state index >= 15 is 0 Å². The monoisotopic (exact) mass is 522 g/mol. The largest absolute Gasteiger partial charge is 0.483 e. The number of anilines is 1. The average Bonchev–Trinajstić information content (AvgIpc) is 2.89. The minimum Gasteiger partial charge on any atom is -0.483 e. The molecule has 1 aliphatic rings. The van der Waals surface area contributed by atoms with Crippen molar-refractivity contribution in [2.75, 3.05) is 25.1 Å². The van der Waals surface area contributed by atoms with E-state index in [4.69, 9.17) is 20.4 Å². The molecule has 0 saturated carbocycles. The highest BCUT2D eigenvalue weighted by Gasteiger charge is 2.54. The van der Waals surface area contributed by atoms with Gasteiger partial charge in [-0.3, -0.25) is 14.6 Å². The third-order valence-corrected chi connectivity index (χ3v) is 4.73. The van der Waals surface area contributed by atoms with Crippen LogP contribution in [0.15, 0.2) is 41.5 Å². The number of carboxylic acid groups (broad SMARTS) is 1. The van der Waals surface area contributed by atoms with Gasteiger partial charge in [0.25, 0.3) is 18.3 Å². The lowest BCUT2D eigenvalue weighted by Crippen LogP contribution is -2.45. The summed E-state index contributed by atoms with van der Waals surface area (Å²) in [6.45, 7) is -2.17. The van der Waals surface area contributed by atoms with E-state index in [0.29, 0.717) is 0 Å². The quantitative estimate of drug-likeness (QED) is 0.405. The highest BCUT2D eigenvalue weighted by atomic mass is 19.4. The number of benzene rings is 1. The van der Waals surface area contributed by atoms with Crippen LogP contribution in [0, 0.1) is 5.82 Å². The number of pyridine rings is 1. The maximum atomic E-state index is 14.8. The number of nitrogens with zero attached hydrogens (tertiary/aromatic N) is 2. The second-order valence-corrected chi connectivity index (χ2v) is 7.41. The first-order chi connectivity index (χ1) is 16.7. The summed E-state index contributed by atoms with van der Waals surface area (Å²) in [4.78, 5) is 28.3. The molecule has 1 aromatic carbocycles. The molecule has 0 saturated heterocycles. The lowest BCUT2D eigenvalue weighted by molar-refractivity contribution is -0.153. The van der Waals surface area contributed by atoms with Gasteiger partial charge in [-0.1, -0.05) is 0 Å². The van der Waals surface area contributed by atoms with Crippen LogP contribution in [0.1, 0.15) is 23.0 Å². The van der Waals surface area contributed by atoms with Crippen LogP contribution in [-0.4, -0.2) is 60.2 Å². The van der Waals surface area contributed by atoms with Crippen LogP contribution in [-0.2, 0) is 15.1 Å². The number of alkyl halides is 5. The zero-order chi connectivity index (χ0) is 27.1. The molecule has 1 aliphatic heterocycles. The fourth-order valence-corrected chi connectivity index (χ4v) is 3.02. The predicted molar refractivity (Wildman–Crippen MR) is 114 cm³/mol. The van der Waals surface area contributed by atoms with Crippen LogP contribution in [0.3, 0.4) is 0 Å². The normalized spacial score (nSPS) is 19.1. The molecule has 36 heavy (non-hydrogen) atoms. The Morgan fingerprint density at radius 1 is 1.31 bits per heavy atom. The summed E-state index contributed by atoms with van der Waals surface area (Å²) in [5, 5.41) is 9.26. The first-order valence-electron chi connectivity index (χ1n) is 9.87. The van der Waals surface area contributed by atoms with E-state index in [1.807, 2.05) is 0 Å². The van der Waals surface area contributed by atoms with E-state index in [1.165, 1.54) is 0 Å². The number of nitrogens with one attached hydrogen (secondary N) is 1. The van der Waals surface area contributed by atoms with Crippen LogP contribution >= 0.6 is 0 Å². The van der Waals surface area contributed by atoms with Gasteiger partial charge in [-0.05, 0) is 37.3 Å². The molecule has 1 amide bonds. The standard InChI is InChI=1S/C20H18F6N4O3.CH2O2/c1-18(19(22,23)9-32-8-16(27)30-18)13-6-11(2-4-14(13)21)29-17(31)15-5-3-12(7-28-15)33-10-20(24,25)26;2-1-3/h2-7H,8-10H2,1H3,(H2,27,30)(H,29,31);1H,(H,2,3)/t18-;/m1./s1. The number of aliphatic imine (C=N–C) groups is 1. The minimum absolute atomic E-state index is 0.0495. The highest BCUT2D eigenvalue weighted by molar-refractivity contribution is 6.02. The molecule has 0 fully saturated rings. The number of carbonyl (C=O) groups is 2. The fourth-order valence-electron chi connectivity index (χ4n) is 3.02. The van der Waals surface area contributed by atoms with Crippen molar-refractivity contribution in [2.45, 2.75) is 24.6 Å². The van der Waals surface area contributed by atoms with Gasteiger partial charge >= 0.3 is 6.18 Å². The van der Waals surface area contributed by atoms with Crippen molar-refractivity contribution in [3.8, 4) is 5.75 Å². The molecule has 15 heteroatoms. The number of aromatic nitrogens is 1. The van der Waals surface area contributed by atoms with Crippen LogP contribution in [0.2, 0.25) is 0 Å². The number of ether oxygens (including phenoxy) is 2. The molecule has 196 valence electrons. The van der Waals surface area contributed by atoms with Gasteiger partial charge in [0.15, 0.2) is 12.1 Å². The van der Waals surface area contributed by atoms with Gasteiger partial charge in [0.2, 0.25) is 0 Å². The third kappa shape index (κ3) is 7.07. The first kappa shape index (κ1) is 28.4. The van der Waals surface area contributed by atoms with Gasteiger partial charge in [0.05, 0.1) is 6.20 Å². The van der Waals surface area contributed by atoms with Crippen molar-refractivity contribution < 1.29 is 50.5 Å². The molecule has 2 aromatic rings. The molecule has 0 unspecified atom stereocenters. The van der Waals surface area contributed by atoms with E-state index in [1.54, 1.807) is 0 Å². The molecule has 4 N–H and O–H groups in total. The molecule has 0 radical (unpaired) electrons. The molecule has 1 aromatic heterocycles. The van der Waals surface area contributed by atoms with Gasteiger partial charge in [0, 0.05) is 11.3 Å². The number of carbonyl (C=O) groups excluding carboxylic acids is 1. The Morgan fingerprint density at radius 2 is 1.97 bits per heavy atom. The Morgan fingerprint density at radius 3 is 2.56 bits per heavy atom. The lowest BCUT2D eigenvalue weighted by Gasteiger charge is -2.33. The number of rotatable bonds is 5. The van der Waals surface area contributed by atoms with E-state index in [2.05, 4.69) is 20.0 Å². The molecular weight excluding hydrogens is 502 g/mol. The summed E-state index contributed by atoms with van der Waals surface area (Å²) in [5.41, 5.74) is 2.40. The van der Waals surface area contributed by atoms with E-state index in [-0.39, 0.29) is 36.0 Å². The summed E-state index contributed by atoms with van der Waals surface area (Å²) in [5.74, 6) is -5.91. The van der Waals surface area contributed by atoms with Crippen molar-refractivity contribution in [3.05, 3.63) is 53.6 Å². The Kier molecular flexibility index (Phi) is 8.85. The molecule has 2 heterocycles. The van der Waals surface area contributed by atoms with Gasteiger partial charge in [0.1, 0.15) is 36.3 Å². The Bertz CT molecular complexity index is 1110. The molecule has 0 aliphatic carbocycles. The number of hydrogen-bond acceptors (Lipinski definition) is 7. The summed E-state index contributed by atoms with van der Waals surface area (Å²) < 4.78 is 90.0. The Hall–Kier alpha value is -3.88. The maximum absolute atomic E-state index is 14.8. The Labute approximate surface area is 199 Å². The van der Waals surface area contributed by atoms with Crippen molar-refractivity contribution in [2.24, 2.45) is 10.7 Å². The number of hydrogen-bond donors (Lipinski definition) is 3. The van der Waals surface area contributed by atoms with Crippen molar-refractivity contribution in [1.29, 1.82) is 0 Å². The maximum Gasteiger partial charge on any atom is 0.422 e. The zero-order valence-corrected chi connectivity index (χ0v) is 18.5.